The van der Waals surface area contributed by atoms with Crippen LogP contribution < -0.4 is 9.64 Å². The number of aliphatic imine (C=N–C) groups is 1. The summed E-state index contributed by atoms with van der Waals surface area (Å²) in [6, 6.07) is 15.7. The van der Waals surface area contributed by atoms with Gasteiger partial charge in [-0.05, 0) is 35.9 Å². The smallest absolute Gasteiger partial charge is 0.225 e. The Labute approximate surface area is 147 Å². The highest BCUT2D eigenvalue weighted by Crippen LogP contribution is 2.28. The minimum absolute atomic E-state index is 0.00448. The zero-order chi connectivity index (χ0) is 17.8. The van der Waals surface area contributed by atoms with E-state index in [9.17, 15) is 4.79 Å². The molecule has 1 aliphatic heterocycles. The Balaban J connectivity index is 1.99. The maximum Gasteiger partial charge on any atom is 0.225 e. The van der Waals surface area contributed by atoms with E-state index in [1.807, 2.05) is 48.5 Å². The molecule has 0 saturated heterocycles. The predicted octanol–water partition coefficient (Wildman–Crippen LogP) is 3.41. The van der Waals surface area contributed by atoms with E-state index in [1.54, 1.807) is 18.9 Å². The van der Waals surface area contributed by atoms with Crippen LogP contribution in [0.4, 0.5) is 5.69 Å². The van der Waals surface area contributed by atoms with Gasteiger partial charge in [0.05, 0.1) is 19.5 Å². The molecular formula is C20H21N3O2. The fourth-order valence-electron chi connectivity index (χ4n) is 2.99. The Morgan fingerprint density at radius 3 is 2.56 bits per heavy atom. The van der Waals surface area contributed by atoms with E-state index in [-0.39, 0.29) is 5.91 Å². The second-order valence-electron chi connectivity index (χ2n) is 5.78. The molecule has 0 radical (unpaired) electrons. The first-order chi connectivity index (χ1) is 12.1. The van der Waals surface area contributed by atoms with Gasteiger partial charge in [-0.1, -0.05) is 24.8 Å². The van der Waals surface area contributed by atoms with Crippen LogP contribution in [-0.4, -0.2) is 30.4 Å². The number of carbonyl (C=O) groups is 1. The molecule has 3 rings (SSSR count). The molecular weight excluding hydrogens is 314 g/mol. The number of fused-ring (bicyclic) bond motifs is 1. The minimum Gasteiger partial charge on any atom is -0.497 e. The van der Waals surface area contributed by atoms with Crippen LogP contribution in [0.25, 0.3) is 0 Å². The molecule has 1 aliphatic rings. The Hall–Kier alpha value is -3.08. The van der Waals surface area contributed by atoms with E-state index < -0.39 is 0 Å². The molecule has 1 amide bonds. The lowest BCUT2D eigenvalue weighted by Gasteiger charge is -2.38. The van der Waals surface area contributed by atoms with Gasteiger partial charge in [-0.15, -0.1) is 0 Å². The van der Waals surface area contributed by atoms with Crippen molar-refractivity contribution in [3.8, 4) is 5.75 Å². The average molecular weight is 335 g/mol. The average Bonchev–Trinajstić information content (AvgIpc) is 2.65. The van der Waals surface area contributed by atoms with E-state index in [1.165, 1.54) is 6.20 Å². The molecule has 0 unspecified atom stereocenters. The number of amides is 1. The van der Waals surface area contributed by atoms with Crippen molar-refractivity contribution < 1.29 is 9.53 Å². The predicted molar refractivity (Wildman–Crippen MR) is 99.7 cm³/mol. The highest BCUT2D eigenvalue weighted by Gasteiger charge is 2.27. The number of hydrogen-bond donors (Lipinski definition) is 0. The van der Waals surface area contributed by atoms with Crippen molar-refractivity contribution in [2.45, 2.75) is 13.5 Å². The number of amidine groups is 1. The number of carbonyl (C=O) groups excluding carboxylic acids is 1. The summed E-state index contributed by atoms with van der Waals surface area (Å²) in [4.78, 5) is 20.4. The summed E-state index contributed by atoms with van der Waals surface area (Å²) >= 11 is 0. The fourth-order valence-corrected chi connectivity index (χ4v) is 2.99. The van der Waals surface area contributed by atoms with Crippen molar-refractivity contribution in [1.82, 2.24) is 4.90 Å². The number of ether oxygens (including phenoxy) is 1. The molecule has 2 aromatic carbocycles. The Bertz CT molecular complexity index is 812. The molecule has 0 aromatic heterocycles. The molecule has 0 fully saturated rings. The number of anilines is 1. The third-order valence-electron chi connectivity index (χ3n) is 4.20. The molecule has 128 valence electrons. The van der Waals surface area contributed by atoms with Crippen LogP contribution in [0.5, 0.6) is 5.75 Å². The lowest BCUT2D eigenvalue weighted by molar-refractivity contribution is -0.117. The van der Waals surface area contributed by atoms with Crippen molar-refractivity contribution in [1.29, 1.82) is 0 Å². The van der Waals surface area contributed by atoms with Gasteiger partial charge in [0.15, 0.2) is 0 Å². The van der Waals surface area contributed by atoms with Gasteiger partial charge < -0.3 is 9.64 Å². The van der Waals surface area contributed by atoms with Crippen LogP contribution in [0, 0.1) is 0 Å². The van der Waals surface area contributed by atoms with Gasteiger partial charge in [-0.2, -0.15) is 0 Å². The van der Waals surface area contributed by atoms with Crippen molar-refractivity contribution in [2.24, 2.45) is 4.99 Å². The van der Waals surface area contributed by atoms with Crippen LogP contribution in [0.15, 0.2) is 66.3 Å². The molecule has 0 spiro atoms. The second kappa shape index (κ2) is 7.21. The van der Waals surface area contributed by atoms with Crippen molar-refractivity contribution >= 4 is 17.4 Å². The summed E-state index contributed by atoms with van der Waals surface area (Å²) in [5, 5.41) is 0. The fraction of sp³-hybridized carbons (Fsp3) is 0.200. The standard InChI is InChI=1S/C20H21N3O2/c1-4-21-20(16-9-11-18(25-3)12-10-16)22-13-17-7-5-6-8-19(17)23(14-22)15(2)24/h4-12H,1,13-14H2,2-3H3/b21-20-. The second-order valence-corrected chi connectivity index (χ2v) is 5.78. The molecule has 1 heterocycles. The molecule has 0 N–H and O–H groups in total. The lowest BCUT2D eigenvalue weighted by atomic mass is 10.1. The van der Waals surface area contributed by atoms with Crippen LogP contribution in [0.2, 0.25) is 0 Å². The van der Waals surface area contributed by atoms with Crippen LogP contribution in [0.3, 0.4) is 0 Å². The molecule has 5 nitrogen and oxygen atoms in total. The number of rotatable bonds is 3. The molecule has 25 heavy (non-hydrogen) atoms. The third-order valence-corrected chi connectivity index (χ3v) is 4.20. The van der Waals surface area contributed by atoms with Gasteiger partial charge in [0.1, 0.15) is 11.6 Å². The summed E-state index contributed by atoms with van der Waals surface area (Å²) in [6.45, 7) is 6.44. The van der Waals surface area contributed by atoms with Crippen molar-refractivity contribution in [3.05, 3.63) is 72.4 Å². The first-order valence-corrected chi connectivity index (χ1v) is 8.08. The third kappa shape index (κ3) is 3.40. The van der Waals surface area contributed by atoms with Crippen LogP contribution >= 0.6 is 0 Å². The number of para-hydroxylation sites is 1. The summed E-state index contributed by atoms with van der Waals surface area (Å²) in [5.74, 6) is 1.57. The maximum absolute atomic E-state index is 12.1. The number of methoxy groups -OCH3 is 1. The zero-order valence-corrected chi connectivity index (χ0v) is 14.5. The van der Waals surface area contributed by atoms with Gasteiger partial charge in [-0.25, -0.2) is 4.99 Å². The summed E-state index contributed by atoms with van der Waals surface area (Å²) in [7, 11) is 1.64. The molecule has 2 aromatic rings. The van der Waals surface area contributed by atoms with E-state index in [2.05, 4.69) is 16.5 Å². The first kappa shape index (κ1) is 16.8. The Morgan fingerprint density at radius 1 is 1.20 bits per heavy atom. The molecule has 0 aliphatic carbocycles. The number of benzene rings is 2. The van der Waals surface area contributed by atoms with Crippen molar-refractivity contribution in [2.75, 3.05) is 18.7 Å². The summed E-state index contributed by atoms with van der Waals surface area (Å²) in [5.41, 5.74) is 3.00. The van der Waals surface area contributed by atoms with Gasteiger partial charge in [-0.3, -0.25) is 9.69 Å². The van der Waals surface area contributed by atoms with Crippen LogP contribution in [0.1, 0.15) is 18.1 Å². The maximum atomic E-state index is 12.1. The number of nitrogens with zero attached hydrogens (tertiary/aromatic N) is 3. The highest BCUT2D eigenvalue weighted by molar-refractivity contribution is 6.01. The van der Waals surface area contributed by atoms with Crippen molar-refractivity contribution in [3.63, 3.8) is 0 Å². The van der Waals surface area contributed by atoms with Gasteiger partial charge in [0, 0.05) is 25.2 Å². The Morgan fingerprint density at radius 2 is 1.92 bits per heavy atom. The van der Waals surface area contributed by atoms with E-state index in [0.29, 0.717) is 13.2 Å². The summed E-state index contributed by atoms with van der Waals surface area (Å²) < 4.78 is 5.22. The monoisotopic (exact) mass is 335 g/mol. The normalized spacial score (nSPS) is 14.1. The van der Waals surface area contributed by atoms with Gasteiger partial charge in [0.25, 0.3) is 0 Å². The lowest BCUT2D eigenvalue weighted by Crippen LogP contribution is -2.47. The largest absolute Gasteiger partial charge is 0.497 e. The first-order valence-electron chi connectivity index (χ1n) is 8.08. The summed E-state index contributed by atoms with van der Waals surface area (Å²) in [6.07, 6.45) is 1.53. The molecule has 0 atom stereocenters. The number of hydrogen-bond acceptors (Lipinski definition) is 3. The molecule has 5 heteroatoms. The SMILES string of the molecule is C=C/N=C(/c1ccc(OC)cc1)N1Cc2ccccc2N(C(C)=O)C1. The highest BCUT2D eigenvalue weighted by atomic mass is 16.5. The van der Waals surface area contributed by atoms with Crippen LogP contribution in [-0.2, 0) is 11.3 Å². The molecule has 0 bridgehead atoms. The van der Waals surface area contributed by atoms with Gasteiger partial charge in [0.2, 0.25) is 5.91 Å². The van der Waals surface area contributed by atoms with E-state index in [0.717, 1.165) is 28.4 Å². The quantitative estimate of drug-likeness (QED) is 0.638. The molecule has 0 saturated carbocycles. The zero-order valence-electron chi connectivity index (χ0n) is 14.5. The van der Waals surface area contributed by atoms with Gasteiger partial charge >= 0.3 is 0 Å². The topological polar surface area (TPSA) is 45.1 Å². The van der Waals surface area contributed by atoms with E-state index in [4.69, 9.17) is 4.74 Å². The Kier molecular flexibility index (Phi) is 4.84. The van der Waals surface area contributed by atoms with E-state index >= 15 is 0 Å². The minimum atomic E-state index is 0.00448.